The van der Waals surface area contributed by atoms with Crippen LogP contribution in [0, 0.1) is 0 Å². The second kappa shape index (κ2) is 5.86. The minimum Gasteiger partial charge on any atom is -0.385 e. The largest absolute Gasteiger partial charge is 0.385 e. The zero-order valence-electron chi connectivity index (χ0n) is 7.14. The third-order valence-corrected chi connectivity index (χ3v) is 3.05. The molecule has 2 nitrogen and oxygen atoms in total. The Labute approximate surface area is 73.1 Å². The number of thioether (sulfide) groups is 1. The van der Waals surface area contributed by atoms with E-state index in [2.05, 4.69) is 17.1 Å². The molecule has 1 atom stereocenters. The van der Waals surface area contributed by atoms with E-state index in [4.69, 9.17) is 4.74 Å². The lowest BCUT2D eigenvalue weighted by molar-refractivity contribution is 0.193. The maximum absolute atomic E-state index is 4.96. The monoisotopic (exact) mass is 175 g/mol. The molecule has 1 N–H and O–H groups in total. The highest BCUT2D eigenvalue weighted by molar-refractivity contribution is 7.99. The summed E-state index contributed by atoms with van der Waals surface area (Å²) >= 11 is 2.05. The van der Waals surface area contributed by atoms with E-state index in [1.54, 1.807) is 7.11 Å². The number of rotatable bonds is 5. The smallest absolute Gasteiger partial charge is 0.0474 e. The third-order valence-electron chi connectivity index (χ3n) is 1.89. The normalized spacial score (nSPS) is 24.3. The van der Waals surface area contributed by atoms with Gasteiger partial charge in [0.15, 0.2) is 0 Å². The molecule has 0 aromatic rings. The first-order chi connectivity index (χ1) is 5.43. The molecule has 0 saturated carbocycles. The van der Waals surface area contributed by atoms with E-state index < -0.39 is 0 Å². The maximum Gasteiger partial charge on any atom is 0.0474 e. The Balaban J connectivity index is 1.86. The number of hydrogen-bond donors (Lipinski definition) is 1. The lowest BCUT2D eigenvalue weighted by Crippen LogP contribution is -2.29. The van der Waals surface area contributed by atoms with Gasteiger partial charge in [0.1, 0.15) is 0 Å². The van der Waals surface area contributed by atoms with Gasteiger partial charge in [0, 0.05) is 25.5 Å². The van der Waals surface area contributed by atoms with Crippen LogP contribution in [0.4, 0.5) is 0 Å². The van der Waals surface area contributed by atoms with Crippen molar-refractivity contribution in [3.05, 3.63) is 0 Å². The van der Waals surface area contributed by atoms with Gasteiger partial charge in [0.05, 0.1) is 0 Å². The van der Waals surface area contributed by atoms with Crippen molar-refractivity contribution >= 4 is 11.8 Å². The van der Waals surface area contributed by atoms with Crippen molar-refractivity contribution in [3.63, 3.8) is 0 Å². The standard InChI is InChI=1S/C8H17NOS/c1-10-5-2-4-9-8-3-6-11-7-8/h8-9H,2-7H2,1H3. The van der Waals surface area contributed by atoms with Crippen LogP contribution in [0.3, 0.4) is 0 Å². The van der Waals surface area contributed by atoms with Crippen molar-refractivity contribution in [3.8, 4) is 0 Å². The Bertz CT molecular complexity index is 94.1. The van der Waals surface area contributed by atoms with Gasteiger partial charge in [-0.05, 0) is 25.1 Å². The average Bonchev–Trinajstić information content (AvgIpc) is 2.50. The molecule has 3 heteroatoms. The fraction of sp³-hybridized carbons (Fsp3) is 1.00. The number of hydrogen-bond acceptors (Lipinski definition) is 3. The summed E-state index contributed by atoms with van der Waals surface area (Å²) in [7, 11) is 1.76. The van der Waals surface area contributed by atoms with Crippen molar-refractivity contribution in [1.82, 2.24) is 5.32 Å². The van der Waals surface area contributed by atoms with Crippen LogP contribution in [0.5, 0.6) is 0 Å². The molecule has 0 radical (unpaired) electrons. The molecular weight excluding hydrogens is 158 g/mol. The van der Waals surface area contributed by atoms with Gasteiger partial charge in [0.25, 0.3) is 0 Å². The topological polar surface area (TPSA) is 21.3 Å². The van der Waals surface area contributed by atoms with E-state index >= 15 is 0 Å². The van der Waals surface area contributed by atoms with Crippen LogP contribution in [0.2, 0.25) is 0 Å². The van der Waals surface area contributed by atoms with E-state index in [9.17, 15) is 0 Å². The van der Waals surface area contributed by atoms with Crippen molar-refractivity contribution < 1.29 is 4.74 Å². The molecule has 11 heavy (non-hydrogen) atoms. The van der Waals surface area contributed by atoms with E-state index in [1.807, 2.05) is 0 Å². The van der Waals surface area contributed by atoms with Crippen molar-refractivity contribution in [1.29, 1.82) is 0 Å². The average molecular weight is 175 g/mol. The Kier molecular flexibility index (Phi) is 4.99. The quantitative estimate of drug-likeness (QED) is 0.633. The Morgan fingerprint density at radius 3 is 3.18 bits per heavy atom. The molecule has 1 aliphatic rings. The molecule has 1 unspecified atom stereocenters. The molecule has 0 aromatic heterocycles. The molecule has 1 fully saturated rings. The summed E-state index contributed by atoms with van der Waals surface area (Å²) in [5.74, 6) is 2.63. The van der Waals surface area contributed by atoms with Crippen LogP contribution in [0.25, 0.3) is 0 Å². The fourth-order valence-electron chi connectivity index (χ4n) is 1.22. The van der Waals surface area contributed by atoms with Crippen LogP contribution in [-0.2, 0) is 4.74 Å². The maximum atomic E-state index is 4.96. The molecular formula is C8H17NOS. The summed E-state index contributed by atoms with van der Waals surface area (Å²) < 4.78 is 4.96. The van der Waals surface area contributed by atoms with Gasteiger partial charge < -0.3 is 10.1 Å². The third kappa shape index (κ3) is 3.99. The highest BCUT2D eigenvalue weighted by atomic mass is 32.2. The predicted octanol–water partition coefficient (Wildman–Crippen LogP) is 1.12. The van der Waals surface area contributed by atoms with Crippen molar-refractivity contribution in [2.45, 2.75) is 18.9 Å². The summed E-state index contributed by atoms with van der Waals surface area (Å²) in [4.78, 5) is 0. The minimum atomic E-state index is 0.775. The van der Waals surface area contributed by atoms with Crippen LogP contribution in [-0.4, -0.2) is 37.8 Å². The summed E-state index contributed by atoms with van der Waals surface area (Å²) in [6.07, 6.45) is 2.48. The summed E-state index contributed by atoms with van der Waals surface area (Å²) in [6.45, 7) is 1.99. The van der Waals surface area contributed by atoms with E-state index in [1.165, 1.54) is 17.9 Å². The molecule has 0 aliphatic carbocycles. The van der Waals surface area contributed by atoms with E-state index in [-0.39, 0.29) is 0 Å². The Morgan fingerprint density at radius 2 is 2.55 bits per heavy atom. The second-order valence-corrected chi connectivity index (χ2v) is 4.01. The Hall–Kier alpha value is 0.270. The molecule has 66 valence electrons. The molecule has 0 spiro atoms. The van der Waals surface area contributed by atoms with Crippen molar-refractivity contribution in [2.24, 2.45) is 0 Å². The predicted molar refractivity (Wildman–Crippen MR) is 50.2 cm³/mol. The molecule has 0 amide bonds. The summed E-state index contributed by atoms with van der Waals surface area (Å²) in [5, 5.41) is 3.52. The molecule has 1 aliphatic heterocycles. The highest BCUT2D eigenvalue weighted by Gasteiger charge is 2.13. The molecule has 1 heterocycles. The van der Waals surface area contributed by atoms with Crippen LogP contribution < -0.4 is 5.32 Å². The van der Waals surface area contributed by atoms with Gasteiger partial charge in [-0.2, -0.15) is 11.8 Å². The fourth-order valence-corrected chi connectivity index (χ4v) is 2.41. The molecule has 1 rings (SSSR count). The van der Waals surface area contributed by atoms with Gasteiger partial charge in [-0.15, -0.1) is 0 Å². The number of nitrogens with one attached hydrogen (secondary N) is 1. The first-order valence-corrected chi connectivity index (χ1v) is 5.39. The Morgan fingerprint density at radius 1 is 1.64 bits per heavy atom. The van der Waals surface area contributed by atoms with Crippen LogP contribution in [0.15, 0.2) is 0 Å². The van der Waals surface area contributed by atoms with Gasteiger partial charge in [-0.25, -0.2) is 0 Å². The first-order valence-electron chi connectivity index (χ1n) is 4.23. The van der Waals surface area contributed by atoms with E-state index in [0.29, 0.717) is 0 Å². The summed E-state index contributed by atoms with van der Waals surface area (Å²) in [6, 6.07) is 0.775. The lowest BCUT2D eigenvalue weighted by atomic mass is 10.2. The number of ether oxygens (including phenoxy) is 1. The molecule has 1 saturated heterocycles. The second-order valence-electron chi connectivity index (χ2n) is 2.86. The van der Waals surface area contributed by atoms with Gasteiger partial charge in [0.2, 0.25) is 0 Å². The minimum absolute atomic E-state index is 0.775. The highest BCUT2D eigenvalue weighted by Crippen LogP contribution is 2.16. The number of methoxy groups -OCH3 is 1. The molecule has 0 bridgehead atoms. The molecule has 0 aromatic carbocycles. The van der Waals surface area contributed by atoms with Gasteiger partial charge >= 0.3 is 0 Å². The zero-order chi connectivity index (χ0) is 7.94. The van der Waals surface area contributed by atoms with Gasteiger partial charge in [-0.3, -0.25) is 0 Å². The zero-order valence-corrected chi connectivity index (χ0v) is 7.95. The van der Waals surface area contributed by atoms with Crippen LogP contribution in [0.1, 0.15) is 12.8 Å². The lowest BCUT2D eigenvalue weighted by Gasteiger charge is -2.09. The van der Waals surface area contributed by atoms with Crippen LogP contribution >= 0.6 is 11.8 Å². The SMILES string of the molecule is COCCCNC1CCSC1. The van der Waals surface area contributed by atoms with E-state index in [0.717, 1.165) is 25.6 Å². The van der Waals surface area contributed by atoms with Gasteiger partial charge in [-0.1, -0.05) is 0 Å². The van der Waals surface area contributed by atoms with Crippen molar-refractivity contribution in [2.75, 3.05) is 31.8 Å². The first kappa shape index (κ1) is 9.36. The summed E-state index contributed by atoms with van der Waals surface area (Å²) in [5.41, 5.74) is 0.